The number of guanidine groups is 1. The summed E-state index contributed by atoms with van der Waals surface area (Å²) >= 11 is 0. The number of aliphatic imine (C=N–C) groups is 1. The van der Waals surface area contributed by atoms with Gasteiger partial charge >= 0.3 is 0 Å². The van der Waals surface area contributed by atoms with Crippen LogP contribution in [0.1, 0.15) is 26.7 Å². The molecule has 7 nitrogen and oxygen atoms in total. The number of nitrogens with one attached hydrogen (secondary N) is 2. The predicted octanol–water partition coefficient (Wildman–Crippen LogP) is 0.621. The van der Waals surface area contributed by atoms with E-state index < -0.39 is 0 Å². The number of ether oxygens (including phenoxy) is 2. The average molecular weight is 370 g/mol. The fourth-order valence-electron chi connectivity index (χ4n) is 3.91. The van der Waals surface area contributed by atoms with E-state index in [4.69, 9.17) is 9.47 Å². The molecule has 0 bridgehead atoms. The average Bonchev–Trinajstić information content (AvgIpc) is 2.71. The molecule has 152 valence electrons. The van der Waals surface area contributed by atoms with Crippen molar-refractivity contribution >= 4 is 5.96 Å². The zero-order chi connectivity index (χ0) is 18.6. The Bertz CT molecular complexity index is 391. The lowest BCUT2D eigenvalue weighted by Gasteiger charge is -2.39. The number of nitrogens with zero attached hydrogens (tertiary/aromatic N) is 3. The zero-order valence-corrected chi connectivity index (χ0v) is 17.0. The van der Waals surface area contributed by atoms with Gasteiger partial charge in [0.15, 0.2) is 5.96 Å². The van der Waals surface area contributed by atoms with Crippen molar-refractivity contribution in [2.75, 3.05) is 79.3 Å². The molecule has 2 saturated heterocycles. The summed E-state index contributed by atoms with van der Waals surface area (Å²) in [4.78, 5) is 9.43. The van der Waals surface area contributed by atoms with Gasteiger partial charge in [0.2, 0.25) is 0 Å². The van der Waals surface area contributed by atoms with Crippen LogP contribution in [0.5, 0.6) is 0 Å². The lowest BCUT2D eigenvalue weighted by molar-refractivity contribution is 0.00271. The molecule has 0 spiro atoms. The molecule has 2 N–H and O–H groups in total. The molecular weight excluding hydrogens is 330 g/mol. The topological polar surface area (TPSA) is 61.4 Å². The van der Waals surface area contributed by atoms with E-state index in [0.717, 1.165) is 78.2 Å². The summed E-state index contributed by atoms with van der Waals surface area (Å²) in [5.41, 5.74) is 0. The molecule has 0 radical (unpaired) electrons. The van der Waals surface area contributed by atoms with E-state index in [9.17, 15) is 0 Å². The first kappa shape index (κ1) is 21.4. The Morgan fingerprint density at radius 3 is 2.15 bits per heavy atom. The van der Waals surface area contributed by atoms with Crippen LogP contribution in [0.2, 0.25) is 0 Å². The monoisotopic (exact) mass is 369 g/mol. The van der Waals surface area contributed by atoms with Crippen molar-refractivity contribution < 1.29 is 9.47 Å². The highest BCUT2D eigenvalue weighted by Crippen LogP contribution is 2.19. The largest absolute Gasteiger partial charge is 0.379 e. The van der Waals surface area contributed by atoms with E-state index in [1.165, 1.54) is 12.8 Å². The van der Waals surface area contributed by atoms with Crippen LogP contribution in [-0.4, -0.2) is 101 Å². The van der Waals surface area contributed by atoms with Crippen molar-refractivity contribution in [1.82, 2.24) is 20.4 Å². The fourth-order valence-corrected chi connectivity index (χ4v) is 3.91. The van der Waals surface area contributed by atoms with Gasteiger partial charge in [-0.2, -0.15) is 0 Å². The molecule has 2 heterocycles. The molecule has 0 amide bonds. The minimum Gasteiger partial charge on any atom is -0.379 e. The fraction of sp³-hybridized carbons (Fsp3) is 0.947. The first-order valence-electron chi connectivity index (χ1n) is 10.3. The Morgan fingerprint density at radius 1 is 0.962 bits per heavy atom. The van der Waals surface area contributed by atoms with Gasteiger partial charge in [-0.05, 0) is 5.92 Å². The van der Waals surface area contributed by atoms with Crippen molar-refractivity contribution in [3.8, 4) is 0 Å². The zero-order valence-electron chi connectivity index (χ0n) is 17.0. The maximum atomic E-state index is 5.54. The quantitative estimate of drug-likeness (QED) is 0.459. The highest BCUT2D eigenvalue weighted by molar-refractivity contribution is 5.79. The van der Waals surface area contributed by atoms with E-state index in [2.05, 4.69) is 39.3 Å². The maximum Gasteiger partial charge on any atom is 0.191 e. The Balaban J connectivity index is 1.78. The predicted molar refractivity (Wildman–Crippen MR) is 107 cm³/mol. The van der Waals surface area contributed by atoms with Gasteiger partial charge in [-0.25, -0.2) is 0 Å². The summed E-state index contributed by atoms with van der Waals surface area (Å²) in [5, 5.41) is 7.03. The van der Waals surface area contributed by atoms with Gasteiger partial charge in [0.1, 0.15) is 0 Å². The Morgan fingerprint density at radius 2 is 1.58 bits per heavy atom. The van der Waals surface area contributed by atoms with Gasteiger partial charge in [-0.3, -0.25) is 14.8 Å². The molecule has 2 fully saturated rings. The second kappa shape index (κ2) is 12.5. The van der Waals surface area contributed by atoms with Crippen LogP contribution in [0.3, 0.4) is 0 Å². The molecule has 26 heavy (non-hydrogen) atoms. The van der Waals surface area contributed by atoms with Crippen molar-refractivity contribution in [3.63, 3.8) is 0 Å². The van der Waals surface area contributed by atoms with E-state index in [1.54, 1.807) is 0 Å². The molecule has 0 aromatic rings. The number of rotatable bonds is 9. The van der Waals surface area contributed by atoms with Gasteiger partial charge in [-0.1, -0.05) is 26.7 Å². The Hall–Kier alpha value is -0.890. The molecule has 1 atom stereocenters. The van der Waals surface area contributed by atoms with Crippen LogP contribution in [0, 0.1) is 5.92 Å². The highest BCUT2D eigenvalue weighted by atomic mass is 16.5. The van der Waals surface area contributed by atoms with Gasteiger partial charge in [0.05, 0.1) is 26.4 Å². The molecule has 0 saturated carbocycles. The molecule has 1 unspecified atom stereocenters. The number of hydrogen-bond acceptors (Lipinski definition) is 5. The molecule has 7 heteroatoms. The lowest BCUT2D eigenvalue weighted by Crippen LogP contribution is -2.53. The summed E-state index contributed by atoms with van der Waals surface area (Å²) in [6, 6.07) is 0.534. The van der Waals surface area contributed by atoms with Crippen LogP contribution in [0.25, 0.3) is 0 Å². The standard InChI is InChI=1S/C19H39N5O2/c1-4-17(5-2)18(24-10-14-26-15-11-24)16-22-19(20-3)21-6-7-23-8-12-25-13-9-23/h17-18H,4-16H2,1-3H3,(H2,20,21,22). The lowest BCUT2D eigenvalue weighted by atomic mass is 9.92. The van der Waals surface area contributed by atoms with E-state index in [1.807, 2.05) is 7.05 Å². The third-order valence-electron chi connectivity index (χ3n) is 5.63. The summed E-state index contributed by atoms with van der Waals surface area (Å²) in [6.45, 7) is 15.0. The Kier molecular flexibility index (Phi) is 10.3. The minimum absolute atomic E-state index is 0.534. The second-order valence-electron chi connectivity index (χ2n) is 7.13. The third kappa shape index (κ3) is 7.02. The normalized spacial score (nSPS) is 21.8. The molecular formula is C19H39N5O2. The number of hydrogen-bond donors (Lipinski definition) is 2. The van der Waals surface area contributed by atoms with Crippen LogP contribution in [-0.2, 0) is 9.47 Å². The summed E-state index contributed by atoms with van der Waals surface area (Å²) in [6.07, 6.45) is 2.42. The van der Waals surface area contributed by atoms with Gasteiger partial charge in [-0.15, -0.1) is 0 Å². The third-order valence-corrected chi connectivity index (χ3v) is 5.63. The first-order chi connectivity index (χ1) is 12.8. The van der Waals surface area contributed by atoms with E-state index in [0.29, 0.717) is 12.0 Å². The molecule has 0 aliphatic carbocycles. The number of morpholine rings is 2. The molecule has 2 aliphatic heterocycles. The minimum atomic E-state index is 0.534. The van der Waals surface area contributed by atoms with E-state index >= 15 is 0 Å². The second-order valence-corrected chi connectivity index (χ2v) is 7.13. The van der Waals surface area contributed by atoms with Crippen molar-refractivity contribution in [2.24, 2.45) is 10.9 Å². The highest BCUT2D eigenvalue weighted by Gasteiger charge is 2.27. The van der Waals surface area contributed by atoms with Gasteiger partial charge < -0.3 is 20.1 Å². The maximum absolute atomic E-state index is 5.54. The molecule has 2 rings (SSSR count). The van der Waals surface area contributed by atoms with Crippen molar-refractivity contribution in [1.29, 1.82) is 0 Å². The van der Waals surface area contributed by atoms with Gasteiger partial charge in [0.25, 0.3) is 0 Å². The molecule has 2 aliphatic rings. The summed E-state index contributed by atoms with van der Waals surface area (Å²) in [5.74, 6) is 1.61. The SMILES string of the molecule is CCC(CC)C(CNC(=NC)NCCN1CCOCC1)N1CCOCC1. The first-order valence-corrected chi connectivity index (χ1v) is 10.3. The van der Waals surface area contributed by atoms with Crippen molar-refractivity contribution in [2.45, 2.75) is 32.7 Å². The smallest absolute Gasteiger partial charge is 0.191 e. The van der Waals surface area contributed by atoms with E-state index in [-0.39, 0.29) is 0 Å². The Labute approximate surface area is 159 Å². The van der Waals surface area contributed by atoms with Gasteiger partial charge in [0, 0.05) is 58.9 Å². The summed E-state index contributed by atoms with van der Waals surface area (Å²) < 4.78 is 10.9. The van der Waals surface area contributed by atoms with Crippen LogP contribution in [0.4, 0.5) is 0 Å². The van der Waals surface area contributed by atoms with Crippen molar-refractivity contribution in [3.05, 3.63) is 0 Å². The summed E-state index contributed by atoms with van der Waals surface area (Å²) in [7, 11) is 1.85. The van der Waals surface area contributed by atoms with Crippen LogP contribution >= 0.6 is 0 Å². The van der Waals surface area contributed by atoms with Crippen LogP contribution in [0.15, 0.2) is 4.99 Å². The molecule has 0 aromatic carbocycles. The molecule has 0 aromatic heterocycles. The van der Waals surface area contributed by atoms with Crippen LogP contribution < -0.4 is 10.6 Å².